The van der Waals surface area contributed by atoms with Crippen LogP contribution in [0.4, 0.5) is 0 Å². The van der Waals surface area contributed by atoms with Gasteiger partial charge in [-0.1, -0.05) is 19.4 Å². The number of hydrogen-bond donors (Lipinski definition) is 2. The molecule has 8 heteroatoms. The van der Waals surface area contributed by atoms with E-state index in [0.717, 1.165) is 49.9 Å². The topological polar surface area (TPSA) is 109 Å². The number of carbonyl (C=O) groups is 2. The van der Waals surface area contributed by atoms with Crippen molar-refractivity contribution in [2.24, 2.45) is 38.8 Å². The molecule has 39 heavy (non-hydrogen) atoms. The molecule has 4 aliphatic rings. The van der Waals surface area contributed by atoms with Crippen LogP contribution in [0.2, 0.25) is 0 Å². The van der Waals surface area contributed by atoms with E-state index >= 15 is 0 Å². The summed E-state index contributed by atoms with van der Waals surface area (Å²) in [7, 11) is 0. The summed E-state index contributed by atoms with van der Waals surface area (Å²) >= 11 is 0. The SMILES string of the molecule is C[C@]12CC/C(=N\NC(=O)c3ccncc3)C=C1CC[C@H]1[C@H]2CC[C@]2(C)/C(=N/NC(=O)c3ccncc3)CC[C@@H]12. The molecule has 202 valence electrons. The lowest BCUT2D eigenvalue weighted by atomic mass is 9.47. The zero-order valence-corrected chi connectivity index (χ0v) is 22.7. The fraction of sp³-hybridized carbons (Fsp3) is 0.484. The van der Waals surface area contributed by atoms with E-state index in [4.69, 9.17) is 5.10 Å². The van der Waals surface area contributed by atoms with Gasteiger partial charge in [0.1, 0.15) is 0 Å². The number of fused-ring (bicyclic) bond motifs is 5. The van der Waals surface area contributed by atoms with Gasteiger partial charge in [0.2, 0.25) is 0 Å². The molecule has 0 unspecified atom stereocenters. The Hall–Kier alpha value is -3.68. The van der Waals surface area contributed by atoms with Gasteiger partial charge in [0.15, 0.2) is 0 Å². The molecule has 0 aliphatic heterocycles. The monoisotopic (exact) mass is 524 g/mol. The first-order valence-corrected chi connectivity index (χ1v) is 14.1. The van der Waals surface area contributed by atoms with Crippen molar-refractivity contribution in [1.82, 2.24) is 20.8 Å². The third-order valence-corrected chi connectivity index (χ3v) is 10.2. The Morgan fingerprint density at radius 2 is 1.38 bits per heavy atom. The van der Waals surface area contributed by atoms with Gasteiger partial charge in [-0.05, 0) is 105 Å². The van der Waals surface area contributed by atoms with E-state index < -0.39 is 0 Å². The number of amides is 2. The number of carbonyl (C=O) groups excluding carboxylic acids is 2. The third-order valence-electron chi connectivity index (χ3n) is 10.2. The maximum Gasteiger partial charge on any atom is 0.271 e. The third kappa shape index (κ3) is 4.60. The first-order valence-electron chi connectivity index (χ1n) is 14.1. The molecule has 0 radical (unpaired) electrons. The van der Waals surface area contributed by atoms with Crippen LogP contribution in [0.25, 0.3) is 0 Å². The number of pyridine rings is 2. The molecule has 5 atom stereocenters. The van der Waals surface area contributed by atoms with Gasteiger partial charge in [-0.2, -0.15) is 10.2 Å². The molecule has 0 aromatic carbocycles. The molecule has 2 aromatic heterocycles. The first-order chi connectivity index (χ1) is 18.9. The summed E-state index contributed by atoms with van der Waals surface area (Å²) in [5.41, 5.74) is 10.5. The highest BCUT2D eigenvalue weighted by molar-refractivity contribution is 6.00. The number of nitrogens with one attached hydrogen (secondary N) is 2. The Kier molecular flexibility index (Phi) is 6.65. The van der Waals surface area contributed by atoms with E-state index in [1.54, 1.807) is 49.1 Å². The Morgan fingerprint density at radius 3 is 2.05 bits per heavy atom. The molecule has 2 heterocycles. The van der Waals surface area contributed by atoms with Crippen molar-refractivity contribution in [3.8, 4) is 0 Å². The van der Waals surface area contributed by atoms with Crippen molar-refractivity contribution in [3.05, 3.63) is 71.8 Å². The van der Waals surface area contributed by atoms with E-state index in [1.165, 1.54) is 18.4 Å². The lowest BCUT2D eigenvalue weighted by molar-refractivity contribution is -0.0155. The molecule has 0 bridgehead atoms. The number of hydrogen-bond acceptors (Lipinski definition) is 6. The summed E-state index contributed by atoms with van der Waals surface area (Å²) in [6, 6.07) is 6.81. The largest absolute Gasteiger partial charge is 0.271 e. The number of aromatic nitrogens is 2. The van der Waals surface area contributed by atoms with Crippen LogP contribution in [0.15, 0.2) is 70.9 Å². The van der Waals surface area contributed by atoms with Gasteiger partial charge in [0.25, 0.3) is 11.8 Å². The van der Waals surface area contributed by atoms with E-state index in [9.17, 15) is 9.59 Å². The Labute approximate surface area is 229 Å². The molecule has 4 aliphatic carbocycles. The summed E-state index contributed by atoms with van der Waals surface area (Å²) in [5, 5.41) is 9.17. The Morgan fingerprint density at radius 1 is 0.769 bits per heavy atom. The van der Waals surface area contributed by atoms with Crippen LogP contribution in [0.5, 0.6) is 0 Å². The lowest BCUT2D eigenvalue weighted by Gasteiger charge is -2.57. The number of hydrazone groups is 2. The molecule has 2 amide bonds. The quantitative estimate of drug-likeness (QED) is 0.528. The summed E-state index contributed by atoms with van der Waals surface area (Å²) in [6.45, 7) is 4.84. The molecular formula is C31H36N6O2. The van der Waals surface area contributed by atoms with Crippen molar-refractivity contribution in [2.45, 2.75) is 65.2 Å². The Balaban J connectivity index is 1.15. The van der Waals surface area contributed by atoms with Gasteiger partial charge >= 0.3 is 0 Å². The highest BCUT2D eigenvalue weighted by Gasteiger charge is 2.58. The molecule has 3 saturated carbocycles. The van der Waals surface area contributed by atoms with Crippen molar-refractivity contribution in [2.75, 3.05) is 0 Å². The predicted molar refractivity (Wildman–Crippen MR) is 150 cm³/mol. The van der Waals surface area contributed by atoms with Gasteiger partial charge in [0, 0.05) is 47.0 Å². The van der Waals surface area contributed by atoms with Crippen molar-refractivity contribution in [3.63, 3.8) is 0 Å². The molecule has 6 rings (SSSR count). The van der Waals surface area contributed by atoms with Crippen LogP contribution in [0, 0.1) is 28.6 Å². The lowest BCUT2D eigenvalue weighted by Crippen LogP contribution is -2.50. The summed E-state index contributed by atoms with van der Waals surface area (Å²) < 4.78 is 0. The molecule has 0 spiro atoms. The van der Waals surface area contributed by atoms with Crippen molar-refractivity contribution in [1.29, 1.82) is 0 Å². The van der Waals surface area contributed by atoms with E-state index in [-0.39, 0.29) is 22.6 Å². The minimum atomic E-state index is -0.206. The average molecular weight is 525 g/mol. The summed E-state index contributed by atoms with van der Waals surface area (Å²) in [4.78, 5) is 33.0. The van der Waals surface area contributed by atoms with E-state index in [0.29, 0.717) is 28.9 Å². The van der Waals surface area contributed by atoms with Crippen LogP contribution in [0.1, 0.15) is 85.9 Å². The zero-order valence-electron chi connectivity index (χ0n) is 22.7. The fourth-order valence-corrected chi connectivity index (χ4v) is 8.01. The maximum absolute atomic E-state index is 12.6. The van der Waals surface area contributed by atoms with E-state index in [2.05, 4.69) is 45.8 Å². The number of allylic oxidation sites excluding steroid dienone is 2. The molecule has 2 aromatic rings. The van der Waals surface area contributed by atoms with Crippen LogP contribution < -0.4 is 10.9 Å². The van der Waals surface area contributed by atoms with Gasteiger partial charge < -0.3 is 0 Å². The smallest absolute Gasteiger partial charge is 0.267 e. The Bertz CT molecular complexity index is 1350. The summed E-state index contributed by atoms with van der Waals surface area (Å²) in [5.74, 6) is 1.53. The minimum absolute atomic E-state index is 0.0444. The molecule has 8 nitrogen and oxygen atoms in total. The highest BCUT2D eigenvalue weighted by atomic mass is 16.2. The predicted octanol–water partition coefficient (Wildman–Crippen LogP) is 5.31. The summed E-state index contributed by atoms with van der Waals surface area (Å²) in [6.07, 6.45) is 17.3. The zero-order chi connectivity index (χ0) is 27.0. The van der Waals surface area contributed by atoms with E-state index in [1.807, 2.05) is 0 Å². The number of rotatable bonds is 4. The van der Waals surface area contributed by atoms with Crippen molar-refractivity contribution >= 4 is 23.2 Å². The first kappa shape index (κ1) is 25.6. The second kappa shape index (κ2) is 10.1. The van der Waals surface area contributed by atoms with Crippen molar-refractivity contribution < 1.29 is 9.59 Å². The molecule has 3 fully saturated rings. The minimum Gasteiger partial charge on any atom is -0.267 e. The number of nitrogens with zero attached hydrogens (tertiary/aromatic N) is 4. The van der Waals surface area contributed by atoms with Crippen LogP contribution in [0.3, 0.4) is 0 Å². The van der Waals surface area contributed by atoms with Gasteiger partial charge in [0.05, 0.1) is 5.71 Å². The second-order valence-electron chi connectivity index (χ2n) is 12.0. The van der Waals surface area contributed by atoms with Crippen LogP contribution in [-0.4, -0.2) is 33.2 Å². The van der Waals surface area contributed by atoms with Gasteiger partial charge in [-0.25, -0.2) is 10.9 Å². The molecular weight excluding hydrogens is 488 g/mol. The van der Waals surface area contributed by atoms with Crippen LogP contribution >= 0.6 is 0 Å². The van der Waals surface area contributed by atoms with Gasteiger partial charge in [-0.3, -0.25) is 19.6 Å². The maximum atomic E-state index is 12.6. The molecule has 2 N–H and O–H groups in total. The van der Waals surface area contributed by atoms with Gasteiger partial charge in [-0.15, -0.1) is 0 Å². The standard InChI is InChI=1S/C31H36N6O2/c1-30-13-7-23(34-36-28(38)20-9-15-32-16-10-20)19-22(30)3-4-24-25-5-6-27(31(25,2)14-8-26(24)30)35-37-29(39)21-11-17-33-18-12-21/h9-12,15-19,24-26H,3-8,13-14H2,1-2H3,(H,36,38)(H,37,39)/b34-23+,35-27+/t24-,25+,26-,30+,31+/m1/s1. The highest BCUT2D eigenvalue weighted by Crippen LogP contribution is 2.64. The molecule has 0 saturated heterocycles. The fourth-order valence-electron chi connectivity index (χ4n) is 8.01. The average Bonchev–Trinajstić information content (AvgIpc) is 3.31. The normalized spacial score (nSPS) is 33.5. The second-order valence-corrected chi connectivity index (χ2v) is 12.0. The van der Waals surface area contributed by atoms with Crippen LogP contribution in [-0.2, 0) is 0 Å².